The van der Waals surface area contributed by atoms with Crippen LogP contribution in [0.25, 0.3) is 33.4 Å². The third-order valence-electron chi connectivity index (χ3n) is 5.94. The Balaban J connectivity index is 1.54. The van der Waals surface area contributed by atoms with Gasteiger partial charge in [0.2, 0.25) is 11.9 Å². The van der Waals surface area contributed by atoms with Gasteiger partial charge in [0, 0.05) is 53.6 Å². The van der Waals surface area contributed by atoms with Gasteiger partial charge in [-0.3, -0.25) is 9.48 Å². The van der Waals surface area contributed by atoms with Crippen molar-refractivity contribution >= 4 is 22.9 Å². The van der Waals surface area contributed by atoms with E-state index in [0.717, 1.165) is 22.1 Å². The molecule has 0 saturated heterocycles. The van der Waals surface area contributed by atoms with Crippen molar-refractivity contribution in [1.82, 2.24) is 29.7 Å². The van der Waals surface area contributed by atoms with Gasteiger partial charge in [0.1, 0.15) is 11.2 Å². The van der Waals surface area contributed by atoms with E-state index in [-0.39, 0.29) is 18.3 Å². The van der Waals surface area contributed by atoms with Crippen molar-refractivity contribution in [1.29, 1.82) is 0 Å². The number of primary amides is 1. The van der Waals surface area contributed by atoms with Crippen LogP contribution in [-0.4, -0.2) is 40.7 Å². The van der Waals surface area contributed by atoms with Crippen molar-refractivity contribution in [3.63, 3.8) is 0 Å². The summed E-state index contributed by atoms with van der Waals surface area (Å²) in [5, 5.41) is 16.4. The summed E-state index contributed by atoms with van der Waals surface area (Å²) in [6.45, 7) is 2.09. The van der Waals surface area contributed by atoms with Gasteiger partial charge in [-0.2, -0.15) is 5.10 Å². The highest BCUT2D eigenvalue weighted by Crippen LogP contribution is 2.34. The third kappa shape index (κ3) is 4.34. The standard InChI is InChI=1S/C25H24N8O2/c1-25(35,17-5-3-2-4-6-17)21-10-20(31-24(27)32-21)19-13-29-23-18(19)9-15(11-28-23)16-12-30-33(14-16)8-7-22(26)34/h2-6,9-14,35H,7-8H2,1H3,(H2,26,34)(H,28,29)(H2,27,31,32). The van der Waals surface area contributed by atoms with E-state index >= 15 is 0 Å². The number of nitrogens with one attached hydrogen (secondary N) is 1. The number of nitrogens with two attached hydrogens (primary N) is 2. The first-order chi connectivity index (χ1) is 16.8. The molecule has 1 atom stereocenters. The molecule has 176 valence electrons. The summed E-state index contributed by atoms with van der Waals surface area (Å²) in [5.74, 6) is -0.320. The van der Waals surface area contributed by atoms with Crippen LogP contribution in [0.2, 0.25) is 0 Å². The van der Waals surface area contributed by atoms with Crippen molar-refractivity contribution in [2.24, 2.45) is 5.73 Å². The van der Waals surface area contributed by atoms with Crippen LogP contribution in [0, 0.1) is 0 Å². The monoisotopic (exact) mass is 468 g/mol. The number of anilines is 1. The van der Waals surface area contributed by atoms with E-state index in [4.69, 9.17) is 11.5 Å². The molecule has 5 aromatic rings. The number of rotatable bonds is 7. The number of nitrogens with zero attached hydrogens (tertiary/aromatic N) is 5. The number of aryl methyl sites for hydroxylation is 1. The van der Waals surface area contributed by atoms with E-state index in [1.165, 1.54) is 0 Å². The van der Waals surface area contributed by atoms with Gasteiger partial charge in [-0.05, 0) is 24.6 Å². The van der Waals surface area contributed by atoms with Crippen LogP contribution in [0.1, 0.15) is 24.6 Å². The van der Waals surface area contributed by atoms with Gasteiger partial charge < -0.3 is 21.6 Å². The molecule has 0 saturated carbocycles. The number of fused-ring (bicyclic) bond motifs is 1. The van der Waals surface area contributed by atoms with Crippen molar-refractivity contribution in [2.75, 3.05) is 5.73 Å². The molecule has 0 aliphatic heterocycles. The highest BCUT2D eigenvalue weighted by Gasteiger charge is 2.28. The fourth-order valence-corrected chi connectivity index (χ4v) is 4.00. The second-order valence-electron chi connectivity index (χ2n) is 8.47. The van der Waals surface area contributed by atoms with Crippen LogP contribution in [0.3, 0.4) is 0 Å². The molecule has 4 aromatic heterocycles. The number of aromatic amines is 1. The number of carbonyl (C=O) groups excluding carboxylic acids is 1. The summed E-state index contributed by atoms with van der Waals surface area (Å²) in [5.41, 5.74) is 14.7. The highest BCUT2D eigenvalue weighted by atomic mass is 16.3. The van der Waals surface area contributed by atoms with Gasteiger partial charge in [0.05, 0.1) is 17.6 Å². The first-order valence-corrected chi connectivity index (χ1v) is 11.0. The van der Waals surface area contributed by atoms with Crippen LogP contribution in [0.5, 0.6) is 0 Å². The lowest BCUT2D eigenvalue weighted by atomic mass is 9.91. The second kappa shape index (κ2) is 8.65. The van der Waals surface area contributed by atoms with E-state index in [1.54, 1.807) is 36.3 Å². The molecule has 1 amide bonds. The predicted octanol–water partition coefficient (Wildman–Crippen LogP) is 2.60. The number of hydrogen-bond donors (Lipinski definition) is 4. The van der Waals surface area contributed by atoms with Gasteiger partial charge in [-0.15, -0.1) is 0 Å². The quantitative estimate of drug-likeness (QED) is 0.285. The van der Waals surface area contributed by atoms with E-state index in [2.05, 4.69) is 25.0 Å². The van der Waals surface area contributed by atoms with Crippen LogP contribution < -0.4 is 11.5 Å². The Hall–Kier alpha value is -4.57. The van der Waals surface area contributed by atoms with Gasteiger partial charge >= 0.3 is 0 Å². The van der Waals surface area contributed by atoms with Crippen LogP contribution >= 0.6 is 0 Å². The summed E-state index contributed by atoms with van der Waals surface area (Å²) < 4.78 is 1.67. The molecule has 0 bridgehead atoms. The topological polar surface area (TPSA) is 162 Å². The fourth-order valence-electron chi connectivity index (χ4n) is 4.00. The van der Waals surface area contributed by atoms with Crippen molar-refractivity contribution in [2.45, 2.75) is 25.5 Å². The normalized spacial score (nSPS) is 13.1. The molecule has 0 spiro atoms. The Morgan fingerprint density at radius 2 is 1.94 bits per heavy atom. The summed E-state index contributed by atoms with van der Waals surface area (Å²) in [6.07, 6.45) is 7.33. The number of amides is 1. The number of carbonyl (C=O) groups is 1. The van der Waals surface area contributed by atoms with Crippen LogP contribution in [0.4, 0.5) is 5.95 Å². The minimum Gasteiger partial charge on any atom is -0.379 e. The van der Waals surface area contributed by atoms with Gasteiger partial charge in [0.25, 0.3) is 0 Å². The fraction of sp³-hybridized carbons (Fsp3) is 0.160. The van der Waals surface area contributed by atoms with Crippen molar-refractivity contribution in [3.8, 4) is 22.4 Å². The molecule has 1 aromatic carbocycles. The minimum atomic E-state index is -1.36. The number of aromatic nitrogens is 6. The lowest BCUT2D eigenvalue weighted by Crippen LogP contribution is -2.25. The zero-order valence-electron chi connectivity index (χ0n) is 19.0. The van der Waals surface area contributed by atoms with Gasteiger partial charge in [-0.25, -0.2) is 15.0 Å². The average molecular weight is 469 g/mol. The van der Waals surface area contributed by atoms with Gasteiger partial charge in [-0.1, -0.05) is 30.3 Å². The molecule has 0 fully saturated rings. The van der Waals surface area contributed by atoms with E-state index < -0.39 is 5.60 Å². The molecule has 10 heteroatoms. The number of hydrogen-bond acceptors (Lipinski definition) is 7. The molecule has 0 aliphatic rings. The Kier molecular flexibility index (Phi) is 5.50. The average Bonchev–Trinajstić information content (AvgIpc) is 3.50. The van der Waals surface area contributed by atoms with E-state index in [9.17, 15) is 9.90 Å². The van der Waals surface area contributed by atoms with Crippen LogP contribution in [0.15, 0.2) is 67.3 Å². The van der Waals surface area contributed by atoms with Crippen molar-refractivity contribution < 1.29 is 9.90 Å². The molecule has 0 aliphatic carbocycles. The Labute approximate surface area is 200 Å². The molecule has 4 heterocycles. The Morgan fingerprint density at radius 3 is 2.71 bits per heavy atom. The minimum absolute atomic E-state index is 0.0582. The van der Waals surface area contributed by atoms with Gasteiger partial charge in [0.15, 0.2) is 0 Å². The summed E-state index contributed by atoms with van der Waals surface area (Å²) in [6, 6.07) is 13.0. The molecule has 35 heavy (non-hydrogen) atoms. The largest absolute Gasteiger partial charge is 0.379 e. The maximum Gasteiger partial charge on any atom is 0.220 e. The number of H-pyrrole nitrogens is 1. The molecule has 10 nitrogen and oxygen atoms in total. The predicted molar refractivity (Wildman–Crippen MR) is 132 cm³/mol. The molecule has 0 radical (unpaired) electrons. The maximum atomic E-state index is 11.3. The summed E-state index contributed by atoms with van der Waals surface area (Å²) in [7, 11) is 0. The van der Waals surface area contributed by atoms with E-state index in [1.807, 2.05) is 42.6 Å². The third-order valence-corrected chi connectivity index (χ3v) is 5.94. The molecular weight excluding hydrogens is 444 g/mol. The first kappa shape index (κ1) is 22.2. The van der Waals surface area contributed by atoms with E-state index in [0.29, 0.717) is 29.1 Å². The highest BCUT2D eigenvalue weighted by molar-refractivity contribution is 5.95. The maximum absolute atomic E-state index is 11.3. The Bertz CT molecular complexity index is 1520. The smallest absolute Gasteiger partial charge is 0.220 e. The first-order valence-electron chi connectivity index (χ1n) is 11.0. The summed E-state index contributed by atoms with van der Waals surface area (Å²) >= 11 is 0. The lowest BCUT2D eigenvalue weighted by Gasteiger charge is -2.24. The lowest BCUT2D eigenvalue weighted by molar-refractivity contribution is -0.118. The molecule has 6 N–H and O–H groups in total. The second-order valence-corrected chi connectivity index (χ2v) is 8.47. The summed E-state index contributed by atoms with van der Waals surface area (Å²) in [4.78, 5) is 27.5. The zero-order chi connectivity index (χ0) is 24.6. The van der Waals surface area contributed by atoms with Crippen LogP contribution in [-0.2, 0) is 16.9 Å². The molecular formula is C25H24N8O2. The molecule has 5 rings (SSSR count). The zero-order valence-corrected chi connectivity index (χ0v) is 19.0. The number of pyridine rings is 1. The Morgan fingerprint density at radius 1 is 1.14 bits per heavy atom. The molecule has 1 unspecified atom stereocenters. The SMILES string of the molecule is CC(O)(c1ccccc1)c1cc(-c2c[nH]c3ncc(-c4cnn(CCC(N)=O)c4)cc23)nc(N)n1. The number of aliphatic hydroxyl groups is 1. The van der Waals surface area contributed by atoms with Crippen molar-refractivity contribution in [3.05, 3.63) is 78.5 Å². The number of nitrogen functional groups attached to an aromatic ring is 1. The number of benzene rings is 1.